The first-order valence-electron chi connectivity index (χ1n) is 4.61. The number of nitrogens with one attached hydrogen (secondary N) is 1. The summed E-state index contributed by atoms with van der Waals surface area (Å²) in [7, 11) is -0.432. The summed E-state index contributed by atoms with van der Waals surface area (Å²) in [4.78, 5) is 10.8. The number of rotatable bonds is 4. The molecule has 6 nitrogen and oxygen atoms in total. The number of benzene rings is 1. The number of aromatic hydroxyl groups is 2. The van der Waals surface area contributed by atoms with Gasteiger partial charge in [-0.15, -0.1) is 0 Å². The summed E-state index contributed by atoms with van der Waals surface area (Å²) in [5, 5.41) is 29.5. The molecule has 0 bridgehead atoms. The van der Waals surface area contributed by atoms with E-state index >= 15 is 0 Å². The predicted molar refractivity (Wildman–Crippen MR) is 59.5 cm³/mol. The SMILES string of the molecule is O=P#CN[C@@H](Cc1ccc(O)c(O)c1)C(=O)O. The first-order chi connectivity index (χ1) is 8.04. The molecule has 1 aromatic rings. The molecule has 0 aliphatic heterocycles. The van der Waals surface area contributed by atoms with E-state index in [1.54, 1.807) is 0 Å². The molecular formula is C10H10NO5P. The molecule has 0 radical (unpaired) electrons. The summed E-state index contributed by atoms with van der Waals surface area (Å²) in [6.07, 6.45) is 0.0612. The van der Waals surface area contributed by atoms with Gasteiger partial charge in [0.2, 0.25) is 0 Å². The van der Waals surface area contributed by atoms with Crippen LogP contribution in [0.4, 0.5) is 0 Å². The summed E-state index contributed by atoms with van der Waals surface area (Å²) in [6.45, 7) is 0. The number of aliphatic carboxylic acids is 1. The Hall–Kier alpha value is -1.74. The Bertz CT molecular complexity index is 524. The number of carboxylic acid groups (broad SMARTS) is 1. The van der Waals surface area contributed by atoms with Crippen molar-refractivity contribution in [2.45, 2.75) is 12.5 Å². The zero-order chi connectivity index (χ0) is 12.8. The molecule has 0 unspecified atom stereocenters. The van der Waals surface area contributed by atoms with E-state index < -0.39 is 19.9 Å². The third-order valence-corrected chi connectivity index (χ3v) is 2.28. The molecule has 90 valence electrons. The van der Waals surface area contributed by atoms with Crippen LogP contribution in [-0.4, -0.2) is 27.3 Å². The van der Waals surface area contributed by atoms with Crippen LogP contribution in [0.2, 0.25) is 0 Å². The van der Waals surface area contributed by atoms with Crippen LogP contribution in [0.1, 0.15) is 5.56 Å². The van der Waals surface area contributed by atoms with Crippen molar-refractivity contribution in [3.05, 3.63) is 23.8 Å². The van der Waals surface area contributed by atoms with Gasteiger partial charge in [-0.25, -0.2) is 0 Å². The van der Waals surface area contributed by atoms with Crippen molar-refractivity contribution >= 4 is 13.9 Å². The summed E-state index contributed by atoms with van der Waals surface area (Å²) >= 11 is 0. The van der Waals surface area contributed by atoms with Crippen LogP contribution >= 0.6 is 7.92 Å². The standard InChI is InChI=1S/C10H10NO5P/c12-8-2-1-6(4-9(8)13)3-7(10(14)15)11-5-17-16/h1-2,4,7,11-13H,3H2,(H,14,15)/t7-/m0/s1. The number of phenols is 2. The van der Waals surface area contributed by atoms with E-state index in [0.717, 1.165) is 0 Å². The van der Waals surface area contributed by atoms with Crippen LogP contribution in [0.15, 0.2) is 18.2 Å². The third kappa shape index (κ3) is 3.96. The monoisotopic (exact) mass is 255 g/mol. The number of phenolic OH excluding ortho intramolecular Hbond substituents is 2. The Morgan fingerprint density at radius 3 is 2.65 bits per heavy atom. The molecule has 1 rings (SSSR count). The average Bonchev–Trinajstić information content (AvgIpc) is 2.28. The molecule has 4 N–H and O–H groups in total. The van der Waals surface area contributed by atoms with Gasteiger partial charge in [0.05, 0.1) is 0 Å². The molecular weight excluding hydrogens is 245 g/mol. The van der Waals surface area contributed by atoms with Crippen molar-refractivity contribution in [3.63, 3.8) is 0 Å². The molecule has 0 spiro atoms. The zero-order valence-electron chi connectivity index (χ0n) is 8.62. The van der Waals surface area contributed by atoms with Crippen LogP contribution < -0.4 is 5.32 Å². The van der Waals surface area contributed by atoms with E-state index in [4.69, 9.17) is 10.2 Å². The van der Waals surface area contributed by atoms with Crippen molar-refractivity contribution in [1.29, 1.82) is 0 Å². The number of carbonyl (C=O) groups is 1. The topological polar surface area (TPSA) is 107 Å². The summed E-state index contributed by atoms with van der Waals surface area (Å²) < 4.78 is 10.1. The first kappa shape index (κ1) is 13.3. The Labute approximate surface area is 98.0 Å². The van der Waals surface area contributed by atoms with Gasteiger partial charge in [-0.05, 0) is 0 Å². The number of hydrogen-bond acceptors (Lipinski definition) is 5. The van der Waals surface area contributed by atoms with E-state index in [1.807, 2.05) is 0 Å². The van der Waals surface area contributed by atoms with Crippen molar-refractivity contribution in [2.75, 3.05) is 0 Å². The molecule has 0 fully saturated rings. The molecule has 1 atom stereocenters. The first-order valence-corrected chi connectivity index (χ1v) is 5.42. The van der Waals surface area contributed by atoms with Gasteiger partial charge >= 0.3 is 97.4 Å². The van der Waals surface area contributed by atoms with Gasteiger partial charge in [0.25, 0.3) is 0 Å². The van der Waals surface area contributed by atoms with Crippen LogP contribution in [0.25, 0.3) is 0 Å². The van der Waals surface area contributed by atoms with Crippen LogP contribution in [0.5, 0.6) is 11.5 Å². The predicted octanol–water partition coefficient (Wildman–Crippen LogP) is 0.891. The number of carboxylic acids is 1. The van der Waals surface area contributed by atoms with Gasteiger partial charge in [0.15, 0.2) is 0 Å². The van der Waals surface area contributed by atoms with Crippen LogP contribution in [0.3, 0.4) is 0 Å². The van der Waals surface area contributed by atoms with Gasteiger partial charge < -0.3 is 0 Å². The van der Waals surface area contributed by atoms with E-state index in [1.165, 1.54) is 18.2 Å². The molecule has 0 aliphatic carbocycles. The fourth-order valence-electron chi connectivity index (χ4n) is 1.24. The Morgan fingerprint density at radius 2 is 2.12 bits per heavy atom. The molecule has 1 aromatic carbocycles. The second kappa shape index (κ2) is 6.11. The molecule has 7 heteroatoms. The van der Waals surface area contributed by atoms with Gasteiger partial charge in [-0.1, -0.05) is 0 Å². The molecule has 0 saturated heterocycles. The maximum absolute atomic E-state index is 10.8. The normalized spacial score (nSPS) is 11.5. The third-order valence-electron chi connectivity index (χ3n) is 2.06. The van der Waals surface area contributed by atoms with E-state index in [9.17, 15) is 14.5 Å². The minimum atomic E-state index is -1.13. The van der Waals surface area contributed by atoms with E-state index in [2.05, 4.69) is 11.1 Å². The zero-order valence-corrected chi connectivity index (χ0v) is 9.52. The molecule has 0 heterocycles. The summed E-state index contributed by atoms with van der Waals surface area (Å²) in [6, 6.07) is 3.02. The molecule has 0 amide bonds. The van der Waals surface area contributed by atoms with E-state index in [0.29, 0.717) is 5.56 Å². The van der Waals surface area contributed by atoms with Crippen molar-refractivity contribution < 1.29 is 24.7 Å². The Balaban J connectivity index is 2.84. The molecule has 17 heavy (non-hydrogen) atoms. The Kier molecular flexibility index (Phi) is 4.79. The van der Waals surface area contributed by atoms with Gasteiger partial charge in [0.1, 0.15) is 0 Å². The minimum absolute atomic E-state index is 0.0612. The summed E-state index contributed by atoms with van der Waals surface area (Å²) in [5.74, 6) is 0.428. The quantitative estimate of drug-likeness (QED) is 0.361. The molecule has 0 aromatic heterocycles. The van der Waals surface area contributed by atoms with Crippen LogP contribution in [0, 0.1) is 5.75 Å². The second-order valence-corrected chi connectivity index (χ2v) is 3.67. The maximum atomic E-state index is 10.8. The molecule has 0 aliphatic rings. The van der Waals surface area contributed by atoms with Crippen molar-refractivity contribution in [1.82, 2.24) is 5.32 Å². The van der Waals surface area contributed by atoms with Gasteiger partial charge in [-0.3, -0.25) is 0 Å². The summed E-state index contributed by atoms with van der Waals surface area (Å²) in [5.41, 5.74) is 0.518. The van der Waals surface area contributed by atoms with Gasteiger partial charge in [0, 0.05) is 0 Å². The van der Waals surface area contributed by atoms with Crippen molar-refractivity contribution in [2.24, 2.45) is 0 Å². The van der Waals surface area contributed by atoms with E-state index in [-0.39, 0.29) is 17.9 Å². The Morgan fingerprint density at radius 1 is 1.41 bits per heavy atom. The average molecular weight is 255 g/mol. The number of hydrogen-bond donors (Lipinski definition) is 4. The molecule has 0 saturated carbocycles. The van der Waals surface area contributed by atoms with Crippen LogP contribution in [-0.2, 0) is 15.8 Å². The fraction of sp³-hybridized carbons (Fsp3) is 0.200. The fourth-order valence-corrected chi connectivity index (χ4v) is 1.44. The van der Waals surface area contributed by atoms with Gasteiger partial charge in [-0.2, -0.15) is 0 Å². The second-order valence-electron chi connectivity index (χ2n) is 3.27. The van der Waals surface area contributed by atoms with Crippen molar-refractivity contribution in [3.8, 4) is 17.2 Å².